The smallest absolute Gasteiger partial charge is 0.325 e. The number of H-pyrrole nitrogens is 1. The standard InChI is InChI=1S/C22H23N3O3/c1-16-2-4-17(5-3-16)22(27)25-12-10-24(11-13-25)15-21(26)28-19-6-7-20-18(14-19)8-9-23-20/h2-9,14,23H,10-13,15H2,1H3. The first-order valence-electron chi connectivity index (χ1n) is 9.44. The number of amides is 1. The first kappa shape index (κ1) is 18.3. The summed E-state index contributed by atoms with van der Waals surface area (Å²) in [6.07, 6.45) is 1.85. The Kier molecular flexibility index (Phi) is 5.12. The van der Waals surface area contributed by atoms with Crippen LogP contribution in [0.3, 0.4) is 0 Å². The van der Waals surface area contributed by atoms with E-state index in [0.29, 0.717) is 37.5 Å². The maximum atomic E-state index is 12.6. The number of ether oxygens (including phenoxy) is 1. The second-order valence-corrected chi connectivity index (χ2v) is 7.14. The number of benzene rings is 2. The summed E-state index contributed by atoms with van der Waals surface area (Å²) in [6, 6.07) is 15.1. The summed E-state index contributed by atoms with van der Waals surface area (Å²) in [5.41, 5.74) is 2.85. The number of hydrogen-bond donors (Lipinski definition) is 1. The highest BCUT2D eigenvalue weighted by Crippen LogP contribution is 2.20. The number of aryl methyl sites for hydroxylation is 1. The predicted octanol–water partition coefficient (Wildman–Crippen LogP) is 2.84. The molecule has 2 aromatic carbocycles. The number of rotatable bonds is 4. The zero-order valence-corrected chi connectivity index (χ0v) is 15.9. The highest BCUT2D eigenvalue weighted by molar-refractivity contribution is 5.94. The lowest BCUT2D eigenvalue weighted by molar-refractivity contribution is -0.136. The molecule has 6 nitrogen and oxygen atoms in total. The Morgan fingerprint density at radius 2 is 1.75 bits per heavy atom. The third-order valence-corrected chi connectivity index (χ3v) is 5.07. The number of nitrogens with zero attached hydrogens (tertiary/aromatic N) is 2. The van der Waals surface area contributed by atoms with E-state index in [4.69, 9.17) is 4.74 Å². The van der Waals surface area contributed by atoms with Gasteiger partial charge in [0.2, 0.25) is 0 Å². The molecule has 1 N–H and O–H groups in total. The number of esters is 1. The van der Waals surface area contributed by atoms with E-state index >= 15 is 0 Å². The first-order chi connectivity index (χ1) is 13.6. The molecule has 6 heteroatoms. The number of carbonyl (C=O) groups is 2. The van der Waals surface area contributed by atoms with Crippen LogP contribution in [0.15, 0.2) is 54.7 Å². The summed E-state index contributed by atoms with van der Waals surface area (Å²) in [7, 11) is 0. The van der Waals surface area contributed by atoms with Crippen LogP contribution in [0.1, 0.15) is 15.9 Å². The SMILES string of the molecule is Cc1ccc(C(=O)N2CCN(CC(=O)Oc3ccc4[nH]ccc4c3)CC2)cc1. The Hall–Kier alpha value is -3.12. The summed E-state index contributed by atoms with van der Waals surface area (Å²) in [5.74, 6) is 0.306. The molecule has 0 aliphatic carbocycles. The molecule has 0 bridgehead atoms. The fourth-order valence-corrected chi connectivity index (χ4v) is 3.43. The van der Waals surface area contributed by atoms with Crippen molar-refractivity contribution in [1.82, 2.24) is 14.8 Å². The summed E-state index contributed by atoms with van der Waals surface area (Å²) in [5, 5.41) is 1.01. The van der Waals surface area contributed by atoms with Crippen LogP contribution in [-0.2, 0) is 4.79 Å². The van der Waals surface area contributed by atoms with Gasteiger partial charge in [-0.05, 0) is 43.3 Å². The molecule has 1 aliphatic rings. The molecule has 1 fully saturated rings. The van der Waals surface area contributed by atoms with Gasteiger partial charge in [0, 0.05) is 48.8 Å². The van der Waals surface area contributed by atoms with Crippen molar-refractivity contribution in [3.63, 3.8) is 0 Å². The van der Waals surface area contributed by atoms with Gasteiger partial charge in [0.1, 0.15) is 5.75 Å². The molecule has 4 rings (SSSR count). The molecule has 3 aromatic rings. The van der Waals surface area contributed by atoms with Crippen molar-refractivity contribution in [3.8, 4) is 5.75 Å². The van der Waals surface area contributed by atoms with Crippen molar-refractivity contribution in [2.24, 2.45) is 0 Å². The van der Waals surface area contributed by atoms with Crippen molar-refractivity contribution < 1.29 is 14.3 Å². The molecule has 0 radical (unpaired) electrons. The lowest BCUT2D eigenvalue weighted by atomic mass is 10.1. The van der Waals surface area contributed by atoms with Crippen molar-refractivity contribution in [1.29, 1.82) is 0 Å². The van der Waals surface area contributed by atoms with E-state index in [1.807, 2.05) is 65.4 Å². The highest BCUT2D eigenvalue weighted by atomic mass is 16.5. The van der Waals surface area contributed by atoms with Crippen LogP contribution < -0.4 is 4.74 Å². The van der Waals surface area contributed by atoms with Gasteiger partial charge in [-0.2, -0.15) is 0 Å². The molecular weight excluding hydrogens is 354 g/mol. The molecule has 1 aliphatic heterocycles. The van der Waals surface area contributed by atoms with Gasteiger partial charge in [-0.25, -0.2) is 0 Å². The fourth-order valence-electron chi connectivity index (χ4n) is 3.43. The lowest BCUT2D eigenvalue weighted by Gasteiger charge is -2.34. The van der Waals surface area contributed by atoms with Gasteiger partial charge in [0.15, 0.2) is 0 Å². The minimum absolute atomic E-state index is 0.0435. The number of fused-ring (bicyclic) bond motifs is 1. The maximum Gasteiger partial charge on any atom is 0.325 e. The predicted molar refractivity (Wildman–Crippen MR) is 107 cm³/mol. The molecule has 144 valence electrons. The highest BCUT2D eigenvalue weighted by Gasteiger charge is 2.23. The van der Waals surface area contributed by atoms with Crippen LogP contribution in [0, 0.1) is 6.92 Å². The number of piperazine rings is 1. The van der Waals surface area contributed by atoms with E-state index in [1.165, 1.54) is 0 Å². The van der Waals surface area contributed by atoms with Gasteiger partial charge < -0.3 is 14.6 Å². The van der Waals surface area contributed by atoms with Crippen LogP contribution >= 0.6 is 0 Å². The Morgan fingerprint density at radius 1 is 1.00 bits per heavy atom. The van der Waals surface area contributed by atoms with Crippen LogP contribution in [0.4, 0.5) is 0 Å². The molecule has 0 unspecified atom stereocenters. The van der Waals surface area contributed by atoms with Gasteiger partial charge in [-0.15, -0.1) is 0 Å². The number of carbonyl (C=O) groups excluding carboxylic acids is 2. The average Bonchev–Trinajstić information content (AvgIpc) is 3.16. The normalized spacial score (nSPS) is 15.0. The van der Waals surface area contributed by atoms with Crippen molar-refractivity contribution in [3.05, 3.63) is 65.9 Å². The van der Waals surface area contributed by atoms with E-state index in [1.54, 1.807) is 6.07 Å². The average molecular weight is 377 g/mol. The number of aromatic nitrogens is 1. The van der Waals surface area contributed by atoms with Gasteiger partial charge >= 0.3 is 5.97 Å². The zero-order valence-electron chi connectivity index (χ0n) is 15.9. The summed E-state index contributed by atoms with van der Waals surface area (Å²) in [6.45, 7) is 4.75. The maximum absolute atomic E-state index is 12.6. The third kappa shape index (κ3) is 4.07. The second kappa shape index (κ2) is 7.86. The molecule has 2 heterocycles. The number of aromatic amines is 1. The molecule has 0 saturated carbocycles. The van der Waals surface area contributed by atoms with Gasteiger partial charge in [0.05, 0.1) is 6.54 Å². The molecule has 1 amide bonds. The van der Waals surface area contributed by atoms with Crippen molar-refractivity contribution >= 4 is 22.8 Å². The first-order valence-corrected chi connectivity index (χ1v) is 9.44. The largest absolute Gasteiger partial charge is 0.426 e. The van der Waals surface area contributed by atoms with E-state index in [9.17, 15) is 9.59 Å². The van der Waals surface area contributed by atoms with Crippen LogP contribution in [0.25, 0.3) is 10.9 Å². The lowest BCUT2D eigenvalue weighted by Crippen LogP contribution is -2.50. The minimum Gasteiger partial charge on any atom is -0.426 e. The van der Waals surface area contributed by atoms with E-state index in [2.05, 4.69) is 4.98 Å². The molecule has 1 saturated heterocycles. The van der Waals surface area contributed by atoms with Crippen molar-refractivity contribution in [2.45, 2.75) is 6.92 Å². The quantitative estimate of drug-likeness (QED) is 0.561. The Balaban J connectivity index is 1.28. The minimum atomic E-state index is -0.284. The summed E-state index contributed by atoms with van der Waals surface area (Å²) in [4.78, 5) is 31.8. The van der Waals surface area contributed by atoms with Gasteiger partial charge in [-0.1, -0.05) is 17.7 Å². The summed E-state index contributed by atoms with van der Waals surface area (Å²) >= 11 is 0. The molecule has 0 spiro atoms. The fraction of sp³-hybridized carbons (Fsp3) is 0.273. The van der Waals surface area contributed by atoms with E-state index in [-0.39, 0.29) is 18.4 Å². The number of nitrogens with one attached hydrogen (secondary N) is 1. The summed E-state index contributed by atoms with van der Waals surface area (Å²) < 4.78 is 5.47. The molecule has 28 heavy (non-hydrogen) atoms. The Morgan fingerprint density at radius 3 is 2.50 bits per heavy atom. The molecule has 0 atom stereocenters. The molecule has 1 aromatic heterocycles. The van der Waals surface area contributed by atoms with Crippen LogP contribution in [-0.4, -0.2) is 59.4 Å². The topological polar surface area (TPSA) is 65.6 Å². The number of hydrogen-bond acceptors (Lipinski definition) is 4. The Bertz CT molecular complexity index is 986. The molecular formula is C22H23N3O3. The van der Waals surface area contributed by atoms with E-state index < -0.39 is 0 Å². The zero-order chi connectivity index (χ0) is 19.5. The monoisotopic (exact) mass is 377 g/mol. The third-order valence-electron chi connectivity index (χ3n) is 5.07. The van der Waals surface area contributed by atoms with Crippen molar-refractivity contribution in [2.75, 3.05) is 32.7 Å². The van der Waals surface area contributed by atoms with E-state index in [0.717, 1.165) is 16.5 Å². The second-order valence-electron chi connectivity index (χ2n) is 7.14. The van der Waals surface area contributed by atoms with Gasteiger partial charge in [-0.3, -0.25) is 14.5 Å². The van der Waals surface area contributed by atoms with Crippen LogP contribution in [0.2, 0.25) is 0 Å². The Labute approximate surface area is 163 Å². The van der Waals surface area contributed by atoms with Gasteiger partial charge in [0.25, 0.3) is 5.91 Å². The van der Waals surface area contributed by atoms with Crippen LogP contribution in [0.5, 0.6) is 5.75 Å².